The Hall–Kier alpha value is -2.07. The summed E-state index contributed by atoms with van der Waals surface area (Å²) in [5.74, 6) is -0.295. The average molecular weight is 361 g/mol. The minimum absolute atomic E-state index is 0.0381. The number of hydrogen-bond donors (Lipinski definition) is 0. The van der Waals surface area contributed by atoms with Crippen LogP contribution in [0, 0.1) is 31.1 Å². The van der Waals surface area contributed by atoms with E-state index in [-0.39, 0.29) is 23.5 Å². The van der Waals surface area contributed by atoms with Gasteiger partial charge in [0.1, 0.15) is 11.1 Å². The predicted octanol–water partition coefficient (Wildman–Crippen LogP) is 2.46. The number of piperidine rings is 1. The summed E-state index contributed by atoms with van der Waals surface area (Å²) in [6.07, 6.45) is 1.55. The lowest BCUT2D eigenvalue weighted by atomic mass is 9.98. The highest BCUT2D eigenvalue weighted by Gasteiger charge is 2.29. The van der Waals surface area contributed by atoms with Gasteiger partial charge in [-0.25, -0.2) is 4.98 Å². The van der Waals surface area contributed by atoms with Crippen LogP contribution in [-0.4, -0.2) is 47.2 Å². The van der Waals surface area contributed by atoms with Gasteiger partial charge in [-0.3, -0.25) is 9.59 Å². The number of amides is 1. The Balaban J connectivity index is 1.99. The number of likely N-dealkylation sites (tertiary alicyclic amines) is 1. The SMILES string of the molecule is CCOC(=O)C1CCCN(C(=O)CSc2nc(C)cc(C)c2C#N)C1. The molecule has 1 amide bonds. The minimum Gasteiger partial charge on any atom is -0.466 e. The van der Waals surface area contributed by atoms with Crippen molar-refractivity contribution in [3.05, 3.63) is 22.9 Å². The van der Waals surface area contributed by atoms with E-state index in [2.05, 4.69) is 11.1 Å². The molecular weight excluding hydrogens is 338 g/mol. The normalized spacial score (nSPS) is 17.0. The zero-order chi connectivity index (χ0) is 18.4. The van der Waals surface area contributed by atoms with E-state index in [0.29, 0.717) is 30.3 Å². The van der Waals surface area contributed by atoms with Gasteiger partial charge in [-0.1, -0.05) is 11.8 Å². The molecule has 0 N–H and O–H groups in total. The molecule has 7 heteroatoms. The van der Waals surface area contributed by atoms with Gasteiger partial charge in [0, 0.05) is 18.8 Å². The van der Waals surface area contributed by atoms with Crippen LogP contribution in [0.4, 0.5) is 0 Å². The molecule has 1 atom stereocenters. The highest BCUT2D eigenvalue weighted by molar-refractivity contribution is 8.00. The lowest BCUT2D eigenvalue weighted by molar-refractivity contribution is -0.151. The quantitative estimate of drug-likeness (QED) is 0.592. The number of hydrogen-bond acceptors (Lipinski definition) is 6. The van der Waals surface area contributed by atoms with Crippen LogP contribution in [0.3, 0.4) is 0 Å². The van der Waals surface area contributed by atoms with Crippen molar-refractivity contribution in [3.8, 4) is 6.07 Å². The highest BCUT2D eigenvalue weighted by atomic mass is 32.2. The van der Waals surface area contributed by atoms with E-state index in [1.54, 1.807) is 11.8 Å². The van der Waals surface area contributed by atoms with Crippen molar-refractivity contribution in [2.24, 2.45) is 5.92 Å². The van der Waals surface area contributed by atoms with Gasteiger partial charge >= 0.3 is 5.97 Å². The maximum Gasteiger partial charge on any atom is 0.310 e. The number of aromatic nitrogens is 1. The molecule has 1 saturated heterocycles. The highest BCUT2D eigenvalue weighted by Crippen LogP contribution is 2.25. The lowest BCUT2D eigenvalue weighted by Crippen LogP contribution is -2.43. The Morgan fingerprint density at radius 3 is 2.92 bits per heavy atom. The Morgan fingerprint density at radius 2 is 2.24 bits per heavy atom. The molecule has 2 heterocycles. The molecule has 1 fully saturated rings. The van der Waals surface area contributed by atoms with E-state index >= 15 is 0 Å². The summed E-state index contributed by atoms with van der Waals surface area (Å²) in [7, 11) is 0. The molecule has 0 spiro atoms. The van der Waals surface area contributed by atoms with Crippen LogP contribution in [0.5, 0.6) is 0 Å². The third-order valence-corrected chi connectivity index (χ3v) is 5.11. The first kappa shape index (κ1) is 19.3. The summed E-state index contributed by atoms with van der Waals surface area (Å²) in [6.45, 7) is 6.94. The van der Waals surface area contributed by atoms with Crippen molar-refractivity contribution in [1.82, 2.24) is 9.88 Å². The van der Waals surface area contributed by atoms with E-state index in [1.807, 2.05) is 19.9 Å². The molecule has 0 aromatic carbocycles. The van der Waals surface area contributed by atoms with Crippen LogP contribution >= 0.6 is 11.8 Å². The standard InChI is InChI=1S/C18H23N3O3S/c1-4-24-18(23)14-6-5-7-21(10-14)16(22)11-25-17-15(9-19)12(2)8-13(3)20-17/h8,14H,4-7,10-11H2,1-3H3. The summed E-state index contributed by atoms with van der Waals surface area (Å²) >= 11 is 1.28. The first-order chi connectivity index (χ1) is 12.0. The van der Waals surface area contributed by atoms with Crippen molar-refractivity contribution < 1.29 is 14.3 Å². The van der Waals surface area contributed by atoms with E-state index in [4.69, 9.17) is 4.74 Å². The van der Waals surface area contributed by atoms with E-state index in [1.165, 1.54) is 11.8 Å². The number of nitriles is 1. The van der Waals surface area contributed by atoms with Crippen LogP contribution in [0.1, 0.15) is 36.6 Å². The summed E-state index contributed by atoms with van der Waals surface area (Å²) in [6, 6.07) is 4.02. The molecule has 0 aliphatic carbocycles. The molecule has 1 aliphatic rings. The van der Waals surface area contributed by atoms with Crippen LogP contribution in [0.15, 0.2) is 11.1 Å². The smallest absolute Gasteiger partial charge is 0.310 e. The molecule has 0 bridgehead atoms. The lowest BCUT2D eigenvalue weighted by Gasteiger charge is -2.31. The average Bonchev–Trinajstić information content (AvgIpc) is 2.59. The second-order valence-corrected chi connectivity index (χ2v) is 7.06. The molecule has 0 saturated carbocycles. The number of rotatable bonds is 5. The Bertz CT molecular complexity index is 700. The molecular formula is C18H23N3O3S. The van der Waals surface area contributed by atoms with Gasteiger partial charge in [-0.15, -0.1) is 0 Å². The maximum absolute atomic E-state index is 12.5. The van der Waals surface area contributed by atoms with Crippen molar-refractivity contribution in [2.45, 2.75) is 38.6 Å². The first-order valence-corrected chi connectivity index (χ1v) is 9.40. The molecule has 1 aromatic rings. The van der Waals surface area contributed by atoms with Crippen LogP contribution < -0.4 is 0 Å². The summed E-state index contributed by atoms with van der Waals surface area (Å²) < 4.78 is 5.07. The summed E-state index contributed by atoms with van der Waals surface area (Å²) in [4.78, 5) is 30.5. The fourth-order valence-electron chi connectivity index (χ4n) is 2.92. The third-order valence-electron chi connectivity index (χ3n) is 4.15. The monoisotopic (exact) mass is 361 g/mol. The van der Waals surface area contributed by atoms with E-state index < -0.39 is 0 Å². The van der Waals surface area contributed by atoms with Crippen LogP contribution in [-0.2, 0) is 14.3 Å². The first-order valence-electron chi connectivity index (χ1n) is 8.41. The van der Waals surface area contributed by atoms with E-state index in [0.717, 1.165) is 24.1 Å². The van der Waals surface area contributed by atoms with Crippen molar-refractivity contribution in [1.29, 1.82) is 5.26 Å². The number of nitrogens with zero attached hydrogens (tertiary/aromatic N) is 3. The molecule has 1 aromatic heterocycles. The minimum atomic E-state index is -0.239. The van der Waals surface area contributed by atoms with Crippen LogP contribution in [0.2, 0.25) is 0 Å². The number of carbonyl (C=O) groups excluding carboxylic acids is 2. The largest absolute Gasteiger partial charge is 0.466 e. The Kier molecular flexibility index (Phi) is 6.82. The second-order valence-electron chi connectivity index (χ2n) is 6.09. The van der Waals surface area contributed by atoms with Gasteiger partial charge in [-0.2, -0.15) is 5.26 Å². The van der Waals surface area contributed by atoms with Crippen molar-refractivity contribution >= 4 is 23.6 Å². The van der Waals surface area contributed by atoms with Gasteiger partial charge in [0.05, 0.1) is 23.8 Å². The maximum atomic E-state index is 12.5. The van der Waals surface area contributed by atoms with Crippen molar-refractivity contribution in [3.63, 3.8) is 0 Å². The molecule has 25 heavy (non-hydrogen) atoms. The number of thioether (sulfide) groups is 1. The molecule has 6 nitrogen and oxygen atoms in total. The Morgan fingerprint density at radius 1 is 1.48 bits per heavy atom. The molecule has 134 valence electrons. The van der Waals surface area contributed by atoms with Gasteiger partial charge in [-0.05, 0) is 45.2 Å². The van der Waals surface area contributed by atoms with Gasteiger partial charge in [0.25, 0.3) is 0 Å². The number of aryl methyl sites for hydroxylation is 2. The predicted molar refractivity (Wildman–Crippen MR) is 95.1 cm³/mol. The molecule has 1 unspecified atom stereocenters. The van der Waals surface area contributed by atoms with Gasteiger partial charge in [0.2, 0.25) is 5.91 Å². The summed E-state index contributed by atoms with van der Waals surface area (Å²) in [5, 5.41) is 9.89. The van der Waals surface area contributed by atoms with E-state index in [9.17, 15) is 14.9 Å². The number of ether oxygens (including phenoxy) is 1. The van der Waals surface area contributed by atoms with Gasteiger partial charge < -0.3 is 9.64 Å². The fraction of sp³-hybridized carbons (Fsp3) is 0.556. The zero-order valence-electron chi connectivity index (χ0n) is 14.9. The summed E-state index contributed by atoms with van der Waals surface area (Å²) in [5.41, 5.74) is 2.21. The fourth-order valence-corrected chi connectivity index (χ4v) is 3.92. The zero-order valence-corrected chi connectivity index (χ0v) is 15.7. The second kappa shape index (κ2) is 8.86. The molecule has 1 aliphatic heterocycles. The van der Waals surface area contributed by atoms with Gasteiger partial charge in [0.15, 0.2) is 0 Å². The molecule has 2 rings (SSSR count). The Labute approximate surface area is 152 Å². The topological polar surface area (TPSA) is 83.3 Å². The third kappa shape index (κ3) is 4.95. The van der Waals surface area contributed by atoms with Crippen LogP contribution in [0.25, 0.3) is 0 Å². The number of pyridine rings is 1. The number of esters is 1. The van der Waals surface area contributed by atoms with Crippen molar-refractivity contribution in [2.75, 3.05) is 25.4 Å². The number of carbonyl (C=O) groups is 2. The molecule has 0 radical (unpaired) electrons.